The Morgan fingerprint density at radius 1 is 0.875 bits per heavy atom. The highest BCUT2D eigenvalue weighted by molar-refractivity contribution is 5.94. The summed E-state index contributed by atoms with van der Waals surface area (Å²) in [6.45, 7) is 3.87. The van der Waals surface area contributed by atoms with Gasteiger partial charge in [0.2, 0.25) is 0 Å². The fraction of sp³-hybridized carbons (Fsp3) is 0.211. The molecule has 5 nitrogen and oxygen atoms in total. The number of hydrogen-bond donors (Lipinski definition) is 2. The van der Waals surface area contributed by atoms with Gasteiger partial charge in [-0.25, -0.2) is 4.79 Å². The molecule has 3 aromatic rings. The average molecular weight is 321 g/mol. The highest BCUT2D eigenvalue weighted by Crippen LogP contribution is 2.25. The fourth-order valence-electron chi connectivity index (χ4n) is 3.29. The largest absolute Gasteiger partial charge is 0.477 e. The summed E-state index contributed by atoms with van der Waals surface area (Å²) in [5.41, 5.74) is 3.51. The molecule has 0 amide bonds. The lowest BCUT2D eigenvalue weighted by Crippen LogP contribution is -2.46. The second kappa shape index (κ2) is 5.92. The first-order chi connectivity index (χ1) is 11.7. The molecule has 1 aromatic heterocycles. The number of benzene rings is 2. The number of nitrogens with one attached hydrogen (secondary N) is 1. The van der Waals surface area contributed by atoms with Crippen LogP contribution in [-0.2, 0) is 0 Å². The molecule has 0 unspecified atom stereocenters. The maximum Gasteiger partial charge on any atom is 0.352 e. The van der Waals surface area contributed by atoms with Gasteiger partial charge in [-0.05, 0) is 36.4 Å². The summed E-state index contributed by atoms with van der Waals surface area (Å²) in [4.78, 5) is 18.8. The maximum absolute atomic E-state index is 11.1. The summed E-state index contributed by atoms with van der Waals surface area (Å²) >= 11 is 0. The van der Waals surface area contributed by atoms with Gasteiger partial charge in [0.1, 0.15) is 5.69 Å². The van der Waals surface area contributed by atoms with Crippen molar-refractivity contribution in [1.82, 2.24) is 4.98 Å². The Hall–Kier alpha value is -2.95. The van der Waals surface area contributed by atoms with Gasteiger partial charge in [-0.15, -0.1) is 0 Å². The standard InChI is InChI=1S/C19H19N3O2/c23-19(24)18-13-14-12-16(6-7-17(14)20-18)22-10-8-21(9-11-22)15-4-2-1-3-5-15/h1-7,12-13,20H,8-11H2,(H,23,24). The van der Waals surface area contributed by atoms with Gasteiger partial charge < -0.3 is 19.9 Å². The maximum atomic E-state index is 11.1. The Kier molecular flexibility index (Phi) is 3.61. The number of aromatic nitrogens is 1. The summed E-state index contributed by atoms with van der Waals surface area (Å²) < 4.78 is 0. The molecule has 1 fully saturated rings. The van der Waals surface area contributed by atoms with Crippen molar-refractivity contribution in [3.63, 3.8) is 0 Å². The lowest BCUT2D eigenvalue weighted by Gasteiger charge is -2.37. The number of carboxylic acid groups (broad SMARTS) is 1. The van der Waals surface area contributed by atoms with Crippen molar-refractivity contribution in [2.45, 2.75) is 0 Å². The van der Waals surface area contributed by atoms with Crippen LogP contribution in [0, 0.1) is 0 Å². The number of aromatic amines is 1. The molecule has 1 aliphatic heterocycles. The third kappa shape index (κ3) is 2.69. The van der Waals surface area contributed by atoms with E-state index in [0.29, 0.717) is 0 Å². The van der Waals surface area contributed by atoms with E-state index in [1.54, 1.807) is 6.07 Å². The predicted molar refractivity (Wildman–Crippen MR) is 96.1 cm³/mol. The fourth-order valence-corrected chi connectivity index (χ4v) is 3.29. The van der Waals surface area contributed by atoms with E-state index in [2.05, 4.69) is 51.2 Å². The zero-order valence-corrected chi connectivity index (χ0v) is 13.3. The third-order valence-electron chi connectivity index (χ3n) is 4.60. The lowest BCUT2D eigenvalue weighted by atomic mass is 10.2. The highest BCUT2D eigenvalue weighted by atomic mass is 16.4. The van der Waals surface area contributed by atoms with Gasteiger partial charge >= 0.3 is 5.97 Å². The van der Waals surface area contributed by atoms with Gasteiger partial charge in [0.25, 0.3) is 0 Å². The van der Waals surface area contributed by atoms with Crippen molar-refractivity contribution in [2.24, 2.45) is 0 Å². The summed E-state index contributed by atoms with van der Waals surface area (Å²) in [6, 6.07) is 18.3. The van der Waals surface area contributed by atoms with Gasteiger partial charge in [0.05, 0.1) is 0 Å². The molecular weight excluding hydrogens is 302 g/mol. The Bertz CT molecular complexity index is 865. The molecule has 1 aliphatic rings. The smallest absolute Gasteiger partial charge is 0.352 e. The van der Waals surface area contributed by atoms with Crippen molar-refractivity contribution >= 4 is 28.2 Å². The number of fused-ring (bicyclic) bond motifs is 1. The quantitative estimate of drug-likeness (QED) is 0.778. The molecular formula is C19H19N3O2. The van der Waals surface area contributed by atoms with Crippen LogP contribution in [0.5, 0.6) is 0 Å². The van der Waals surface area contributed by atoms with Crippen LogP contribution in [0.2, 0.25) is 0 Å². The molecule has 0 radical (unpaired) electrons. The van der Waals surface area contributed by atoms with E-state index < -0.39 is 5.97 Å². The normalized spacial score (nSPS) is 15.0. The van der Waals surface area contributed by atoms with E-state index in [9.17, 15) is 4.79 Å². The number of rotatable bonds is 3. The lowest BCUT2D eigenvalue weighted by molar-refractivity contribution is 0.0691. The Balaban J connectivity index is 1.51. The Morgan fingerprint density at radius 3 is 2.21 bits per heavy atom. The number of carboxylic acids is 1. The predicted octanol–water partition coefficient (Wildman–Crippen LogP) is 3.19. The molecule has 1 saturated heterocycles. The van der Waals surface area contributed by atoms with Crippen LogP contribution in [-0.4, -0.2) is 42.2 Å². The zero-order valence-electron chi connectivity index (χ0n) is 13.3. The number of carbonyl (C=O) groups is 1. The monoisotopic (exact) mass is 321 g/mol. The Morgan fingerprint density at radius 2 is 1.54 bits per heavy atom. The number of nitrogens with zero attached hydrogens (tertiary/aromatic N) is 2. The van der Waals surface area contributed by atoms with Crippen LogP contribution in [0.4, 0.5) is 11.4 Å². The molecule has 5 heteroatoms. The van der Waals surface area contributed by atoms with E-state index in [1.165, 1.54) is 5.69 Å². The number of H-pyrrole nitrogens is 1. The van der Waals surface area contributed by atoms with Crippen LogP contribution >= 0.6 is 0 Å². The van der Waals surface area contributed by atoms with Crippen LogP contribution in [0.15, 0.2) is 54.6 Å². The summed E-state index contributed by atoms with van der Waals surface area (Å²) in [5, 5.41) is 10.0. The minimum Gasteiger partial charge on any atom is -0.477 e. The number of para-hydroxylation sites is 1. The minimum atomic E-state index is -0.927. The molecule has 2 N–H and O–H groups in total. The molecule has 0 bridgehead atoms. The van der Waals surface area contributed by atoms with Crippen molar-refractivity contribution in [1.29, 1.82) is 0 Å². The molecule has 2 heterocycles. The van der Waals surface area contributed by atoms with Crippen molar-refractivity contribution in [3.05, 3.63) is 60.3 Å². The van der Waals surface area contributed by atoms with E-state index in [0.717, 1.165) is 42.8 Å². The van der Waals surface area contributed by atoms with Gasteiger partial charge in [-0.1, -0.05) is 18.2 Å². The second-order valence-electron chi connectivity index (χ2n) is 6.07. The molecule has 2 aromatic carbocycles. The first-order valence-electron chi connectivity index (χ1n) is 8.12. The second-order valence-corrected chi connectivity index (χ2v) is 6.07. The van der Waals surface area contributed by atoms with Gasteiger partial charge in [0, 0.05) is 48.5 Å². The average Bonchev–Trinajstić information content (AvgIpc) is 3.06. The van der Waals surface area contributed by atoms with Gasteiger partial charge in [-0.2, -0.15) is 0 Å². The van der Waals surface area contributed by atoms with E-state index in [4.69, 9.17) is 5.11 Å². The molecule has 4 rings (SSSR count). The van der Waals surface area contributed by atoms with E-state index in [-0.39, 0.29) is 5.69 Å². The number of aromatic carboxylic acids is 1. The summed E-state index contributed by atoms with van der Waals surface area (Å²) in [5.74, 6) is -0.927. The molecule has 0 aliphatic carbocycles. The Labute approximate surface area is 140 Å². The van der Waals surface area contributed by atoms with Crippen molar-refractivity contribution in [3.8, 4) is 0 Å². The third-order valence-corrected chi connectivity index (χ3v) is 4.60. The number of hydrogen-bond acceptors (Lipinski definition) is 3. The summed E-state index contributed by atoms with van der Waals surface area (Å²) in [6.07, 6.45) is 0. The molecule has 0 atom stereocenters. The first kappa shape index (κ1) is 14.6. The van der Waals surface area contributed by atoms with E-state index in [1.807, 2.05) is 12.1 Å². The van der Waals surface area contributed by atoms with Crippen molar-refractivity contribution < 1.29 is 9.90 Å². The number of piperazine rings is 1. The molecule has 0 spiro atoms. The van der Waals surface area contributed by atoms with Gasteiger partial charge in [0.15, 0.2) is 0 Å². The summed E-state index contributed by atoms with van der Waals surface area (Å²) in [7, 11) is 0. The van der Waals surface area contributed by atoms with E-state index >= 15 is 0 Å². The SMILES string of the molecule is O=C(O)c1cc2cc(N3CCN(c4ccccc4)CC3)ccc2[nH]1. The minimum absolute atomic E-state index is 0.232. The molecule has 24 heavy (non-hydrogen) atoms. The van der Waals surface area contributed by atoms with Crippen LogP contribution < -0.4 is 9.80 Å². The van der Waals surface area contributed by atoms with Gasteiger partial charge in [-0.3, -0.25) is 0 Å². The van der Waals surface area contributed by atoms with Crippen LogP contribution in [0.25, 0.3) is 10.9 Å². The van der Waals surface area contributed by atoms with Crippen LogP contribution in [0.1, 0.15) is 10.5 Å². The highest BCUT2D eigenvalue weighted by Gasteiger charge is 2.18. The first-order valence-corrected chi connectivity index (χ1v) is 8.12. The van der Waals surface area contributed by atoms with Crippen LogP contribution in [0.3, 0.4) is 0 Å². The zero-order chi connectivity index (χ0) is 16.5. The molecule has 0 saturated carbocycles. The van der Waals surface area contributed by atoms with Crippen molar-refractivity contribution in [2.75, 3.05) is 36.0 Å². The topological polar surface area (TPSA) is 59.6 Å². The number of anilines is 2. The molecule has 122 valence electrons.